The van der Waals surface area contributed by atoms with Crippen molar-refractivity contribution in [3.8, 4) is 5.88 Å². The van der Waals surface area contributed by atoms with Gasteiger partial charge in [-0.15, -0.1) is 0 Å². The summed E-state index contributed by atoms with van der Waals surface area (Å²) < 4.78 is 17.6. The van der Waals surface area contributed by atoms with Crippen molar-refractivity contribution in [2.24, 2.45) is 0 Å². The molecule has 0 aliphatic heterocycles. The predicted molar refractivity (Wildman–Crippen MR) is 39.9 cm³/mol. The van der Waals surface area contributed by atoms with E-state index in [4.69, 9.17) is 5.11 Å². The second-order valence-corrected chi connectivity index (χ2v) is 2.26. The van der Waals surface area contributed by atoms with Crippen LogP contribution < -0.4 is 4.74 Å². The van der Waals surface area contributed by atoms with Gasteiger partial charge in [-0.2, -0.15) is 9.37 Å². The Morgan fingerprint density at radius 1 is 1.69 bits per heavy atom. The van der Waals surface area contributed by atoms with Gasteiger partial charge < -0.3 is 9.84 Å². The summed E-state index contributed by atoms with van der Waals surface area (Å²) in [5.74, 6) is -2.26. The number of ether oxygens (including phenoxy) is 1. The number of hydrogen-bond acceptors (Lipinski definition) is 4. The first kappa shape index (κ1) is 9.37. The molecule has 0 saturated carbocycles. The molecule has 5 nitrogen and oxygen atoms in total. The van der Waals surface area contributed by atoms with Crippen LogP contribution in [-0.4, -0.2) is 27.7 Å². The van der Waals surface area contributed by atoms with Crippen LogP contribution in [0.25, 0.3) is 0 Å². The molecular formula is C7H7FN2O3. The molecule has 0 aliphatic carbocycles. The van der Waals surface area contributed by atoms with Gasteiger partial charge >= 0.3 is 5.97 Å². The highest BCUT2D eigenvalue weighted by molar-refractivity contribution is 5.68. The van der Waals surface area contributed by atoms with Crippen LogP contribution in [0.5, 0.6) is 5.88 Å². The van der Waals surface area contributed by atoms with Crippen molar-refractivity contribution in [3.63, 3.8) is 0 Å². The third-order valence-corrected chi connectivity index (χ3v) is 1.26. The first-order valence-electron chi connectivity index (χ1n) is 3.43. The normalized spacial score (nSPS) is 9.69. The summed E-state index contributed by atoms with van der Waals surface area (Å²) in [7, 11) is 0. The van der Waals surface area contributed by atoms with Gasteiger partial charge in [0.1, 0.15) is 6.33 Å². The Morgan fingerprint density at radius 3 is 3.00 bits per heavy atom. The molecule has 0 bridgehead atoms. The molecule has 0 aliphatic rings. The van der Waals surface area contributed by atoms with Crippen LogP contribution in [0.1, 0.15) is 5.69 Å². The standard InChI is InChI=1S/C7H7FN2O3/c1-4-6(8)7(10-3-9-4)13-2-5(11)12/h3H,2H2,1H3,(H,11,12). The zero-order valence-corrected chi connectivity index (χ0v) is 6.82. The van der Waals surface area contributed by atoms with Gasteiger partial charge in [0.05, 0.1) is 5.69 Å². The average molecular weight is 186 g/mol. The number of carbonyl (C=O) groups is 1. The summed E-state index contributed by atoms with van der Waals surface area (Å²) in [5.41, 5.74) is 0.121. The molecule has 0 spiro atoms. The molecule has 0 unspecified atom stereocenters. The van der Waals surface area contributed by atoms with Crippen molar-refractivity contribution >= 4 is 5.97 Å². The molecule has 0 radical (unpaired) electrons. The smallest absolute Gasteiger partial charge is 0.341 e. The van der Waals surface area contributed by atoms with Gasteiger partial charge in [0.2, 0.25) is 5.82 Å². The van der Waals surface area contributed by atoms with Gasteiger partial charge in [-0.3, -0.25) is 0 Å². The van der Waals surface area contributed by atoms with E-state index in [-0.39, 0.29) is 11.6 Å². The Balaban J connectivity index is 2.77. The number of hydrogen-bond donors (Lipinski definition) is 1. The molecule has 0 aromatic carbocycles. The molecule has 0 amide bonds. The van der Waals surface area contributed by atoms with Crippen molar-refractivity contribution in [1.82, 2.24) is 9.97 Å². The van der Waals surface area contributed by atoms with E-state index >= 15 is 0 Å². The maximum Gasteiger partial charge on any atom is 0.341 e. The summed E-state index contributed by atoms with van der Waals surface area (Å²) >= 11 is 0. The number of halogens is 1. The van der Waals surface area contributed by atoms with Crippen LogP contribution in [0, 0.1) is 12.7 Å². The van der Waals surface area contributed by atoms with Crippen LogP contribution in [-0.2, 0) is 4.79 Å². The highest BCUT2D eigenvalue weighted by Gasteiger charge is 2.09. The van der Waals surface area contributed by atoms with Gasteiger partial charge in [-0.25, -0.2) is 9.78 Å². The summed E-state index contributed by atoms with van der Waals surface area (Å²) in [6, 6.07) is 0. The quantitative estimate of drug-likeness (QED) is 0.739. The number of carboxylic acids is 1. The van der Waals surface area contributed by atoms with Crippen LogP contribution in [0.2, 0.25) is 0 Å². The summed E-state index contributed by atoms with van der Waals surface area (Å²) in [6.07, 6.45) is 1.11. The second-order valence-electron chi connectivity index (χ2n) is 2.26. The maximum atomic E-state index is 13.0. The molecule has 1 rings (SSSR count). The van der Waals surface area contributed by atoms with Crippen molar-refractivity contribution in [3.05, 3.63) is 17.8 Å². The van der Waals surface area contributed by atoms with Gasteiger partial charge in [0.15, 0.2) is 6.61 Å². The highest BCUT2D eigenvalue weighted by atomic mass is 19.1. The Kier molecular flexibility index (Phi) is 2.73. The third kappa shape index (κ3) is 2.36. The van der Waals surface area contributed by atoms with E-state index in [9.17, 15) is 9.18 Å². The first-order chi connectivity index (χ1) is 6.11. The minimum Gasteiger partial charge on any atom is -0.479 e. The maximum absolute atomic E-state index is 13.0. The van der Waals surface area contributed by atoms with Crippen molar-refractivity contribution in [1.29, 1.82) is 0 Å². The Morgan fingerprint density at radius 2 is 2.38 bits per heavy atom. The summed E-state index contributed by atoms with van der Waals surface area (Å²) in [5, 5.41) is 8.24. The molecule has 0 fully saturated rings. The number of rotatable bonds is 3. The molecule has 13 heavy (non-hydrogen) atoms. The molecule has 70 valence electrons. The van der Waals surface area contributed by atoms with Crippen LogP contribution in [0.15, 0.2) is 6.33 Å². The lowest BCUT2D eigenvalue weighted by Crippen LogP contribution is -2.11. The fraction of sp³-hybridized carbons (Fsp3) is 0.286. The Labute approximate surface area is 73.2 Å². The van der Waals surface area contributed by atoms with Crippen LogP contribution in [0.3, 0.4) is 0 Å². The second kappa shape index (κ2) is 3.79. The molecular weight excluding hydrogens is 179 g/mol. The zero-order chi connectivity index (χ0) is 9.84. The topological polar surface area (TPSA) is 72.3 Å². The molecule has 0 atom stereocenters. The van der Waals surface area contributed by atoms with Gasteiger partial charge in [0.25, 0.3) is 5.88 Å². The van der Waals surface area contributed by atoms with Crippen molar-refractivity contribution < 1.29 is 19.0 Å². The van der Waals surface area contributed by atoms with E-state index in [1.165, 1.54) is 6.92 Å². The van der Waals surface area contributed by atoms with E-state index < -0.39 is 18.4 Å². The van der Waals surface area contributed by atoms with E-state index in [2.05, 4.69) is 14.7 Å². The first-order valence-corrected chi connectivity index (χ1v) is 3.43. The van der Waals surface area contributed by atoms with E-state index in [1.807, 2.05) is 0 Å². The molecule has 6 heteroatoms. The fourth-order valence-electron chi connectivity index (χ4n) is 0.667. The largest absolute Gasteiger partial charge is 0.479 e. The molecule has 0 saturated heterocycles. The van der Waals surface area contributed by atoms with E-state index in [1.54, 1.807) is 0 Å². The molecule has 1 heterocycles. The van der Waals surface area contributed by atoms with Crippen LogP contribution >= 0.6 is 0 Å². The SMILES string of the molecule is Cc1ncnc(OCC(=O)O)c1F. The van der Waals surface area contributed by atoms with Gasteiger partial charge in [-0.05, 0) is 6.92 Å². The lowest BCUT2D eigenvalue weighted by atomic mass is 10.4. The number of carboxylic acid groups (broad SMARTS) is 1. The Hall–Kier alpha value is -1.72. The molecule has 1 aromatic heterocycles. The predicted octanol–water partition coefficient (Wildman–Crippen LogP) is 0.388. The molecule has 1 N–H and O–H groups in total. The Bertz CT molecular complexity index is 330. The van der Waals surface area contributed by atoms with E-state index in [0.717, 1.165) is 6.33 Å². The average Bonchev–Trinajstić information content (AvgIpc) is 2.07. The van der Waals surface area contributed by atoms with Crippen molar-refractivity contribution in [2.75, 3.05) is 6.61 Å². The summed E-state index contributed by atoms with van der Waals surface area (Å²) in [4.78, 5) is 17.1. The zero-order valence-electron chi connectivity index (χ0n) is 6.82. The third-order valence-electron chi connectivity index (χ3n) is 1.26. The van der Waals surface area contributed by atoms with Gasteiger partial charge in [0, 0.05) is 0 Å². The minimum absolute atomic E-state index is 0.121. The fourth-order valence-corrected chi connectivity index (χ4v) is 0.667. The highest BCUT2D eigenvalue weighted by Crippen LogP contribution is 2.13. The van der Waals surface area contributed by atoms with E-state index in [0.29, 0.717) is 0 Å². The minimum atomic E-state index is -1.18. The number of aliphatic carboxylic acids is 1. The van der Waals surface area contributed by atoms with Crippen molar-refractivity contribution in [2.45, 2.75) is 6.92 Å². The number of aromatic nitrogens is 2. The molecule has 1 aromatic rings. The summed E-state index contributed by atoms with van der Waals surface area (Å²) in [6.45, 7) is 0.817. The van der Waals surface area contributed by atoms with Crippen LogP contribution in [0.4, 0.5) is 4.39 Å². The van der Waals surface area contributed by atoms with Gasteiger partial charge in [-0.1, -0.05) is 0 Å². The number of nitrogens with zero attached hydrogens (tertiary/aromatic N) is 2. The number of aryl methyl sites for hydroxylation is 1. The lowest BCUT2D eigenvalue weighted by Gasteiger charge is -2.03. The lowest BCUT2D eigenvalue weighted by molar-refractivity contribution is -0.139. The monoisotopic (exact) mass is 186 g/mol.